The zero-order chi connectivity index (χ0) is 37.7. The van der Waals surface area contributed by atoms with Gasteiger partial charge in [0.25, 0.3) is 0 Å². The molecule has 4 aromatic rings. The molecule has 0 spiro atoms. The molecule has 6 N–H and O–H groups in total. The Kier molecular flexibility index (Phi) is 15.0. The van der Waals surface area contributed by atoms with Gasteiger partial charge in [-0.15, -0.1) is 0 Å². The van der Waals surface area contributed by atoms with Gasteiger partial charge in [-0.05, 0) is 61.7 Å². The molecule has 0 saturated carbocycles. The molecule has 0 aliphatic rings. The van der Waals surface area contributed by atoms with Gasteiger partial charge in [0.15, 0.2) is 0 Å². The Bertz CT molecular complexity index is 1870. The summed E-state index contributed by atoms with van der Waals surface area (Å²) in [6, 6.07) is 18.4. The first kappa shape index (κ1) is 40.3. The Hall–Kier alpha value is -4.45. The molecule has 4 rings (SSSR count). The van der Waals surface area contributed by atoms with Gasteiger partial charge >= 0.3 is 5.97 Å². The van der Waals surface area contributed by atoms with Gasteiger partial charge in [0.2, 0.25) is 0 Å². The van der Waals surface area contributed by atoms with Crippen molar-refractivity contribution < 1.29 is 39.4 Å². The van der Waals surface area contributed by atoms with E-state index in [1.54, 1.807) is 30.5 Å². The molecular weight excluding hydrogens is 711 g/mol. The largest absolute Gasteiger partial charge is 0.492 e. The van der Waals surface area contributed by atoms with E-state index in [1.807, 2.05) is 43.3 Å². The molecule has 2 atom stereocenters. The summed E-state index contributed by atoms with van der Waals surface area (Å²) in [6.07, 6.45) is 2.90. The third-order valence-corrected chi connectivity index (χ3v) is 9.00. The fourth-order valence-corrected chi connectivity index (χ4v) is 5.59. The Morgan fingerprint density at radius 1 is 0.981 bits per heavy atom. The number of carbonyl (C=O) groups is 1. The molecule has 0 fully saturated rings. The molecule has 0 aliphatic carbocycles. The van der Waals surface area contributed by atoms with Crippen molar-refractivity contribution in [3.63, 3.8) is 0 Å². The first-order valence-corrected chi connectivity index (χ1v) is 17.3. The maximum atomic E-state index is 11.8. The number of nitrogens with zero attached hydrogens (tertiary/aromatic N) is 2. The van der Waals surface area contributed by atoms with Crippen LogP contribution in [0.2, 0.25) is 10.0 Å². The van der Waals surface area contributed by atoms with Crippen molar-refractivity contribution in [2.45, 2.75) is 51.7 Å². The molecular formula is C38H42Cl2N4O8. The van der Waals surface area contributed by atoms with E-state index in [9.17, 15) is 25.4 Å². The molecule has 52 heavy (non-hydrogen) atoms. The van der Waals surface area contributed by atoms with Crippen molar-refractivity contribution in [2.24, 2.45) is 0 Å². The normalized spacial score (nSPS) is 12.8. The van der Waals surface area contributed by atoms with E-state index in [0.717, 1.165) is 22.3 Å². The standard InChI is InChI=1S/C38H42Cl2N4O8/c1-24-27(6-3-7-30(24)31-8-4-9-33(36(31)40)50-11-5-10-42-19-29(47)20-45)22-52-35-14-34(51-21-26-12-25(15-41)16-43-17-26)28(13-32(35)39)18-44-38(2,23-46)37(48)49/h3-4,6-9,12-14,16-17,29,42,44-47H,5,10-11,18-23H2,1-2H3,(H,48,49)/t29-,38+/m0/s1. The molecule has 1 aromatic heterocycles. The number of nitrogens with one attached hydrogen (secondary N) is 2. The summed E-state index contributed by atoms with van der Waals surface area (Å²) in [4.78, 5) is 15.9. The number of aliphatic hydroxyl groups is 3. The van der Waals surface area contributed by atoms with Crippen molar-refractivity contribution in [1.29, 1.82) is 5.26 Å². The van der Waals surface area contributed by atoms with Crippen LogP contribution in [-0.4, -0.2) is 75.9 Å². The molecule has 0 amide bonds. The van der Waals surface area contributed by atoms with Crippen LogP contribution in [-0.2, 0) is 24.6 Å². The number of nitriles is 1. The van der Waals surface area contributed by atoms with Gasteiger partial charge in [-0.25, -0.2) is 0 Å². The number of aliphatic carboxylic acids is 1. The van der Waals surface area contributed by atoms with Crippen molar-refractivity contribution >= 4 is 29.2 Å². The molecule has 0 aliphatic heterocycles. The Balaban J connectivity index is 1.52. The Morgan fingerprint density at radius 2 is 1.73 bits per heavy atom. The number of ether oxygens (including phenoxy) is 3. The van der Waals surface area contributed by atoms with Crippen molar-refractivity contribution in [1.82, 2.24) is 15.6 Å². The second-order valence-corrected chi connectivity index (χ2v) is 13.0. The number of aromatic nitrogens is 1. The summed E-state index contributed by atoms with van der Waals surface area (Å²) >= 11 is 13.5. The molecule has 276 valence electrons. The lowest BCUT2D eigenvalue weighted by Gasteiger charge is -2.25. The zero-order valence-corrected chi connectivity index (χ0v) is 30.4. The first-order valence-electron chi connectivity index (χ1n) is 16.5. The fraction of sp³-hybridized carbons (Fsp3) is 0.342. The quantitative estimate of drug-likeness (QED) is 0.0663. The van der Waals surface area contributed by atoms with Gasteiger partial charge < -0.3 is 40.0 Å². The summed E-state index contributed by atoms with van der Waals surface area (Å²) in [7, 11) is 0. The van der Waals surface area contributed by atoms with Crippen LogP contribution >= 0.6 is 23.2 Å². The van der Waals surface area contributed by atoms with Crippen molar-refractivity contribution in [3.05, 3.63) is 105 Å². The maximum absolute atomic E-state index is 11.8. The van der Waals surface area contributed by atoms with E-state index < -0.39 is 24.2 Å². The molecule has 0 bridgehead atoms. The molecule has 1 heterocycles. The van der Waals surface area contributed by atoms with E-state index in [4.69, 9.17) is 42.5 Å². The molecule has 12 nitrogen and oxygen atoms in total. The van der Waals surface area contributed by atoms with Crippen LogP contribution in [0, 0.1) is 18.3 Å². The lowest BCUT2D eigenvalue weighted by molar-refractivity contribution is -0.145. The highest BCUT2D eigenvalue weighted by atomic mass is 35.5. The topological polar surface area (TPSA) is 186 Å². The molecule has 0 unspecified atom stereocenters. The molecule has 0 saturated heterocycles. The Labute approximate surface area is 312 Å². The highest BCUT2D eigenvalue weighted by Gasteiger charge is 2.32. The third-order valence-electron chi connectivity index (χ3n) is 8.32. The number of carboxylic acid groups (broad SMARTS) is 1. The van der Waals surface area contributed by atoms with Crippen LogP contribution in [0.15, 0.2) is 67.0 Å². The number of benzene rings is 3. The van der Waals surface area contributed by atoms with Crippen LogP contribution < -0.4 is 24.8 Å². The lowest BCUT2D eigenvalue weighted by atomic mass is 9.96. The minimum Gasteiger partial charge on any atom is -0.492 e. The molecule has 0 radical (unpaired) electrons. The van der Waals surface area contributed by atoms with E-state index in [1.165, 1.54) is 13.1 Å². The van der Waals surface area contributed by atoms with Crippen LogP contribution in [0.5, 0.6) is 17.2 Å². The number of aliphatic hydroxyl groups excluding tert-OH is 3. The second-order valence-electron chi connectivity index (χ2n) is 12.3. The number of hydrogen-bond acceptors (Lipinski definition) is 11. The summed E-state index contributed by atoms with van der Waals surface area (Å²) in [5.41, 5.74) is 3.43. The monoisotopic (exact) mass is 752 g/mol. The molecule has 14 heteroatoms. The van der Waals surface area contributed by atoms with Crippen molar-refractivity contribution in [3.8, 4) is 34.4 Å². The summed E-state index contributed by atoms with van der Waals surface area (Å²) in [5.74, 6) is 0.00275. The predicted octanol–water partition coefficient (Wildman–Crippen LogP) is 5.03. The lowest BCUT2D eigenvalue weighted by Crippen LogP contribution is -2.52. The van der Waals surface area contributed by atoms with Crippen molar-refractivity contribution in [2.75, 3.05) is 32.9 Å². The SMILES string of the molecule is Cc1c(COc2cc(OCc3cncc(C#N)c3)c(CN[C@](C)(CO)C(=O)O)cc2Cl)cccc1-c1cccc(OCCCNC[C@H](O)CO)c1Cl. The van der Waals surface area contributed by atoms with E-state index in [0.29, 0.717) is 65.1 Å². The van der Waals surface area contributed by atoms with Crippen LogP contribution in [0.3, 0.4) is 0 Å². The summed E-state index contributed by atoms with van der Waals surface area (Å²) in [5, 5.41) is 53.6. The number of rotatable bonds is 20. The maximum Gasteiger partial charge on any atom is 0.326 e. The van der Waals surface area contributed by atoms with Crippen LogP contribution in [0.25, 0.3) is 11.1 Å². The van der Waals surface area contributed by atoms with E-state index in [2.05, 4.69) is 15.6 Å². The minimum atomic E-state index is -1.61. The van der Waals surface area contributed by atoms with Crippen LogP contribution in [0.4, 0.5) is 0 Å². The summed E-state index contributed by atoms with van der Waals surface area (Å²) in [6.45, 7) is 3.93. The van der Waals surface area contributed by atoms with Crippen LogP contribution in [0.1, 0.15) is 41.2 Å². The van der Waals surface area contributed by atoms with E-state index in [-0.39, 0.29) is 31.4 Å². The first-order chi connectivity index (χ1) is 25.0. The van der Waals surface area contributed by atoms with Gasteiger partial charge in [-0.1, -0.05) is 53.5 Å². The highest BCUT2D eigenvalue weighted by molar-refractivity contribution is 6.35. The third kappa shape index (κ3) is 10.8. The number of carboxylic acids is 1. The average molecular weight is 754 g/mol. The van der Waals surface area contributed by atoms with Gasteiger partial charge in [-0.2, -0.15) is 5.26 Å². The second kappa shape index (κ2) is 19.4. The number of hydrogen-bond donors (Lipinski definition) is 6. The average Bonchev–Trinajstić information content (AvgIpc) is 3.15. The molecule has 3 aromatic carbocycles. The fourth-order valence-electron chi connectivity index (χ4n) is 5.07. The predicted molar refractivity (Wildman–Crippen MR) is 197 cm³/mol. The highest BCUT2D eigenvalue weighted by Crippen LogP contribution is 2.38. The van der Waals surface area contributed by atoms with Gasteiger partial charge in [0.05, 0.1) is 41.5 Å². The van der Waals surface area contributed by atoms with Gasteiger partial charge in [0, 0.05) is 48.2 Å². The zero-order valence-electron chi connectivity index (χ0n) is 28.9. The number of halogens is 2. The smallest absolute Gasteiger partial charge is 0.326 e. The number of pyridine rings is 1. The van der Waals surface area contributed by atoms with Gasteiger partial charge in [-0.3, -0.25) is 15.1 Å². The van der Waals surface area contributed by atoms with Gasteiger partial charge in [0.1, 0.15) is 42.1 Å². The minimum absolute atomic E-state index is 0.00548. The Morgan fingerprint density at radius 3 is 2.46 bits per heavy atom. The summed E-state index contributed by atoms with van der Waals surface area (Å²) < 4.78 is 18.3. The van der Waals surface area contributed by atoms with E-state index >= 15 is 0 Å².